The second-order valence-electron chi connectivity index (χ2n) is 8.24. The molecule has 1 saturated carbocycles. The minimum atomic E-state index is -0.109. The van der Waals surface area contributed by atoms with Crippen LogP contribution in [0.4, 0.5) is 0 Å². The molecule has 0 unspecified atom stereocenters. The van der Waals surface area contributed by atoms with Crippen LogP contribution in [0.5, 0.6) is 5.75 Å². The smallest absolute Gasteiger partial charge is 0.254 e. The first-order valence-corrected chi connectivity index (χ1v) is 10.9. The Morgan fingerprint density at radius 1 is 0.969 bits per heavy atom. The fourth-order valence-corrected chi connectivity index (χ4v) is 3.79. The van der Waals surface area contributed by atoms with E-state index < -0.39 is 0 Å². The number of amides is 2. The molecule has 1 fully saturated rings. The number of rotatable bonds is 9. The average Bonchev–Trinajstić information content (AvgIpc) is 3.59. The Balaban J connectivity index is 1.52. The van der Waals surface area contributed by atoms with Gasteiger partial charge in [0, 0.05) is 37.1 Å². The van der Waals surface area contributed by atoms with E-state index in [-0.39, 0.29) is 24.4 Å². The number of carbonyl (C=O) groups excluding carboxylic acids is 2. The lowest BCUT2D eigenvalue weighted by atomic mass is 10.1. The summed E-state index contributed by atoms with van der Waals surface area (Å²) in [4.78, 5) is 30.3. The van der Waals surface area contributed by atoms with Gasteiger partial charge in [0.05, 0.1) is 13.7 Å². The second kappa shape index (κ2) is 9.73. The molecule has 166 valence electrons. The predicted octanol–water partition coefficient (Wildman–Crippen LogP) is 3.87. The maximum absolute atomic E-state index is 13.5. The number of methoxy groups -OCH3 is 1. The van der Waals surface area contributed by atoms with Crippen LogP contribution < -0.4 is 4.74 Å². The Labute approximate surface area is 189 Å². The largest absolute Gasteiger partial charge is 0.497 e. The van der Waals surface area contributed by atoms with E-state index in [4.69, 9.17) is 4.74 Å². The van der Waals surface area contributed by atoms with Crippen LogP contribution in [-0.4, -0.2) is 45.9 Å². The van der Waals surface area contributed by atoms with E-state index >= 15 is 0 Å². The van der Waals surface area contributed by atoms with Crippen LogP contribution in [0, 0.1) is 0 Å². The Hall–Kier alpha value is -3.54. The molecule has 1 heterocycles. The van der Waals surface area contributed by atoms with Gasteiger partial charge in [0.1, 0.15) is 12.3 Å². The van der Waals surface area contributed by atoms with Crippen molar-refractivity contribution in [3.05, 3.63) is 89.7 Å². The SMILES string of the molecule is COc1ccc(C(=O)N(CC(=O)N(Cc2ccccc2)Cc2cccn2C)C2CC2)cc1. The molecule has 4 rings (SSSR count). The summed E-state index contributed by atoms with van der Waals surface area (Å²) in [6.07, 6.45) is 3.85. The molecule has 32 heavy (non-hydrogen) atoms. The van der Waals surface area contributed by atoms with Crippen molar-refractivity contribution in [1.29, 1.82) is 0 Å². The molecule has 0 radical (unpaired) electrons. The van der Waals surface area contributed by atoms with Crippen molar-refractivity contribution < 1.29 is 14.3 Å². The monoisotopic (exact) mass is 431 g/mol. The fraction of sp³-hybridized carbons (Fsp3) is 0.308. The molecule has 0 N–H and O–H groups in total. The van der Waals surface area contributed by atoms with Gasteiger partial charge in [0.25, 0.3) is 5.91 Å². The number of nitrogens with zero attached hydrogens (tertiary/aromatic N) is 3. The van der Waals surface area contributed by atoms with Gasteiger partial charge >= 0.3 is 0 Å². The van der Waals surface area contributed by atoms with Crippen molar-refractivity contribution in [1.82, 2.24) is 14.4 Å². The first kappa shape index (κ1) is 21.7. The first-order chi connectivity index (χ1) is 15.5. The van der Waals surface area contributed by atoms with Gasteiger partial charge in [-0.05, 0) is 54.8 Å². The van der Waals surface area contributed by atoms with Crippen LogP contribution in [0.3, 0.4) is 0 Å². The number of aromatic nitrogens is 1. The van der Waals surface area contributed by atoms with Gasteiger partial charge in [0.15, 0.2) is 0 Å². The standard InChI is InChI=1S/C26H29N3O3/c1-27-16-6-9-23(27)18-28(17-20-7-4-3-5-8-20)25(30)19-29(22-12-13-22)26(31)21-10-14-24(32-2)15-11-21/h3-11,14-16,22H,12-13,17-19H2,1-2H3. The summed E-state index contributed by atoms with van der Waals surface area (Å²) in [7, 11) is 3.57. The molecule has 0 aliphatic heterocycles. The third-order valence-corrected chi connectivity index (χ3v) is 5.86. The number of hydrogen-bond acceptors (Lipinski definition) is 3. The molecule has 2 amide bonds. The molecular weight excluding hydrogens is 402 g/mol. The molecule has 0 bridgehead atoms. The van der Waals surface area contributed by atoms with E-state index in [1.807, 2.05) is 65.2 Å². The zero-order valence-electron chi connectivity index (χ0n) is 18.6. The molecule has 6 nitrogen and oxygen atoms in total. The topological polar surface area (TPSA) is 54.8 Å². The average molecular weight is 432 g/mol. The van der Waals surface area contributed by atoms with Crippen LogP contribution in [0.1, 0.15) is 34.5 Å². The summed E-state index contributed by atoms with van der Waals surface area (Å²) in [6.45, 7) is 1.07. The summed E-state index contributed by atoms with van der Waals surface area (Å²) in [6, 6.07) is 21.1. The quantitative estimate of drug-likeness (QED) is 0.517. The molecule has 0 atom stereocenters. The normalized spacial score (nSPS) is 12.9. The van der Waals surface area contributed by atoms with E-state index in [9.17, 15) is 9.59 Å². The highest BCUT2D eigenvalue weighted by atomic mass is 16.5. The zero-order valence-corrected chi connectivity index (χ0v) is 18.6. The fourth-order valence-electron chi connectivity index (χ4n) is 3.79. The lowest BCUT2D eigenvalue weighted by Crippen LogP contribution is -2.43. The number of benzene rings is 2. The lowest BCUT2D eigenvalue weighted by Gasteiger charge is -2.28. The summed E-state index contributed by atoms with van der Waals surface area (Å²) >= 11 is 0. The van der Waals surface area contributed by atoms with Crippen molar-refractivity contribution in [2.24, 2.45) is 7.05 Å². The van der Waals surface area contributed by atoms with Gasteiger partial charge in [-0.3, -0.25) is 9.59 Å². The van der Waals surface area contributed by atoms with E-state index in [1.165, 1.54) is 0 Å². The van der Waals surface area contributed by atoms with Crippen LogP contribution in [0.15, 0.2) is 72.9 Å². The molecular formula is C26H29N3O3. The van der Waals surface area contributed by atoms with Gasteiger partial charge in [-0.1, -0.05) is 30.3 Å². The highest BCUT2D eigenvalue weighted by Gasteiger charge is 2.35. The van der Waals surface area contributed by atoms with E-state index in [2.05, 4.69) is 0 Å². The van der Waals surface area contributed by atoms with E-state index in [1.54, 1.807) is 36.3 Å². The highest BCUT2D eigenvalue weighted by molar-refractivity contribution is 5.97. The summed E-state index contributed by atoms with van der Waals surface area (Å²) in [5.41, 5.74) is 2.69. The Bertz CT molecular complexity index is 1060. The maximum atomic E-state index is 13.5. The highest BCUT2D eigenvalue weighted by Crippen LogP contribution is 2.29. The van der Waals surface area contributed by atoms with Crippen LogP contribution in [-0.2, 0) is 24.9 Å². The Morgan fingerprint density at radius 2 is 1.69 bits per heavy atom. The number of aryl methyl sites for hydroxylation is 1. The van der Waals surface area contributed by atoms with Crippen molar-refractivity contribution in [3.63, 3.8) is 0 Å². The maximum Gasteiger partial charge on any atom is 0.254 e. The molecule has 6 heteroatoms. The first-order valence-electron chi connectivity index (χ1n) is 10.9. The van der Waals surface area contributed by atoms with Gasteiger partial charge < -0.3 is 19.1 Å². The van der Waals surface area contributed by atoms with Gasteiger partial charge in [-0.15, -0.1) is 0 Å². The molecule has 2 aromatic carbocycles. The molecule has 1 aliphatic rings. The van der Waals surface area contributed by atoms with E-state index in [0.717, 1.165) is 24.1 Å². The molecule has 3 aromatic rings. The van der Waals surface area contributed by atoms with Crippen LogP contribution in [0.2, 0.25) is 0 Å². The number of ether oxygens (including phenoxy) is 1. The van der Waals surface area contributed by atoms with Crippen molar-refractivity contribution >= 4 is 11.8 Å². The van der Waals surface area contributed by atoms with Crippen molar-refractivity contribution in [3.8, 4) is 5.75 Å². The third-order valence-electron chi connectivity index (χ3n) is 5.86. The second-order valence-corrected chi connectivity index (χ2v) is 8.24. The van der Waals surface area contributed by atoms with Crippen LogP contribution >= 0.6 is 0 Å². The lowest BCUT2D eigenvalue weighted by molar-refractivity contribution is -0.133. The van der Waals surface area contributed by atoms with Crippen molar-refractivity contribution in [2.75, 3.05) is 13.7 Å². The zero-order chi connectivity index (χ0) is 22.5. The Morgan fingerprint density at radius 3 is 2.28 bits per heavy atom. The molecule has 1 aliphatic carbocycles. The number of carbonyl (C=O) groups is 2. The minimum Gasteiger partial charge on any atom is -0.497 e. The molecule has 0 saturated heterocycles. The summed E-state index contributed by atoms with van der Waals surface area (Å²) in [5.74, 6) is 0.540. The van der Waals surface area contributed by atoms with E-state index in [0.29, 0.717) is 24.4 Å². The molecule has 0 spiro atoms. The predicted molar refractivity (Wildman–Crippen MR) is 123 cm³/mol. The summed E-state index contributed by atoms with van der Waals surface area (Å²) < 4.78 is 7.21. The van der Waals surface area contributed by atoms with Gasteiger partial charge in [-0.25, -0.2) is 0 Å². The number of hydrogen-bond donors (Lipinski definition) is 0. The summed E-state index contributed by atoms with van der Waals surface area (Å²) in [5, 5.41) is 0. The van der Waals surface area contributed by atoms with Gasteiger partial charge in [0.2, 0.25) is 5.91 Å². The van der Waals surface area contributed by atoms with Crippen molar-refractivity contribution in [2.45, 2.75) is 32.0 Å². The van der Waals surface area contributed by atoms with Crippen LogP contribution in [0.25, 0.3) is 0 Å². The minimum absolute atomic E-state index is 0.0520. The third kappa shape index (κ3) is 5.19. The van der Waals surface area contributed by atoms with Gasteiger partial charge in [-0.2, -0.15) is 0 Å². The molecule has 1 aromatic heterocycles. The Kier molecular flexibility index (Phi) is 6.59.